The minimum Gasteiger partial charge on any atom is -0.269 e. The van der Waals surface area contributed by atoms with Crippen LogP contribution in [0.25, 0.3) is 0 Å². The van der Waals surface area contributed by atoms with Gasteiger partial charge in [0.25, 0.3) is 0 Å². The van der Waals surface area contributed by atoms with Gasteiger partial charge in [-0.3, -0.25) is 4.99 Å². The van der Waals surface area contributed by atoms with Gasteiger partial charge in [-0.25, -0.2) is 0 Å². The molecule has 0 saturated heterocycles. The van der Waals surface area contributed by atoms with E-state index < -0.39 is 0 Å². The lowest BCUT2D eigenvalue weighted by atomic mass is 9.88. The summed E-state index contributed by atoms with van der Waals surface area (Å²) in [5.41, 5.74) is 0. The van der Waals surface area contributed by atoms with Gasteiger partial charge >= 0.3 is 0 Å². The largest absolute Gasteiger partial charge is 0.269 e. The number of hydrogen-bond acceptors (Lipinski definition) is 1. The lowest BCUT2D eigenvalue weighted by Gasteiger charge is -2.18. The Morgan fingerprint density at radius 3 is 2.64 bits per heavy atom. The highest BCUT2D eigenvalue weighted by Gasteiger charge is 2.23. The molecule has 0 radical (unpaired) electrons. The monoisotopic (exact) mass is 149 g/mol. The highest BCUT2D eigenvalue weighted by Crippen LogP contribution is 2.33. The molecule has 2 rings (SSSR count). The molecule has 0 aromatic carbocycles. The molecule has 0 aromatic rings. The van der Waals surface area contributed by atoms with Gasteiger partial charge in [0.1, 0.15) is 0 Å². The Bertz CT molecular complexity index is 175. The van der Waals surface area contributed by atoms with E-state index in [-0.39, 0.29) is 0 Å². The highest BCUT2D eigenvalue weighted by atomic mass is 14.7. The Morgan fingerprint density at radius 2 is 2.00 bits per heavy atom. The molecule has 1 saturated carbocycles. The molecule has 60 valence electrons. The summed E-state index contributed by atoms with van der Waals surface area (Å²) in [6.07, 6.45) is 13.3. The van der Waals surface area contributed by atoms with Crippen LogP contribution in [0.2, 0.25) is 0 Å². The van der Waals surface area contributed by atoms with E-state index in [9.17, 15) is 0 Å². The molecule has 0 aromatic heterocycles. The van der Waals surface area contributed by atoms with Crippen LogP contribution in [0, 0.1) is 11.8 Å². The molecule has 1 unspecified atom stereocenters. The number of aliphatic imine (C=N–C) groups is 1. The fraction of sp³-hybridized carbons (Fsp3) is 0.700. The van der Waals surface area contributed by atoms with E-state index in [1.165, 1.54) is 32.1 Å². The van der Waals surface area contributed by atoms with Crippen molar-refractivity contribution < 1.29 is 0 Å². The van der Waals surface area contributed by atoms with Crippen molar-refractivity contribution in [2.45, 2.75) is 32.1 Å². The Hall–Kier alpha value is -0.590. The second-order valence-corrected chi connectivity index (χ2v) is 3.63. The summed E-state index contributed by atoms with van der Waals surface area (Å²) in [7, 11) is 0. The van der Waals surface area contributed by atoms with Gasteiger partial charge in [-0.2, -0.15) is 0 Å². The summed E-state index contributed by atoms with van der Waals surface area (Å²) < 4.78 is 0. The van der Waals surface area contributed by atoms with Crippen LogP contribution in [0.15, 0.2) is 17.3 Å². The first-order valence-corrected chi connectivity index (χ1v) is 4.65. The van der Waals surface area contributed by atoms with E-state index in [1.807, 2.05) is 6.20 Å². The van der Waals surface area contributed by atoms with Crippen molar-refractivity contribution in [1.29, 1.82) is 0 Å². The fourth-order valence-electron chi connectivity index (χ4n) is 2.20. The van der Waals surface area contributed by atoms with Gasteiger partial charge in [-0.1, -0.05) is 18.9 Å². The van der Waals surface area contributed by atoms with E-state index in [4.69, 9.17) is 0 Å². The minimum atomic E-state index is 0.766. The summed E-state index contributed by atoms with van der Waals surface area (Å²) >= 11 is 0. The van der Waals surface area contributed by atoms with Crippen molar-refractivity contribution in [2.75, 3.05) is 0 Å². The van der Waals surface area contributed by atoms with Gasteiger partial charge in [0.15, 0.2) is 0 Å². The molecule has 2 aliphatic rings. The summed E-state index contributed by atoms with van der Waals surface area (Å²) in [5.74, 6) is 1.71. The van der Waals surface area contributed by atoms with Crippen molar-refractivity contribution >= 4 is 6.21 Å². The lowest BCUT2D eigenvalue weighted by molar-refractivity contribution is 0.435. The van der Waals surface area contributed by atoms with Crippen LogP contribution in [-0.2, 0) is 0 Å². The van der Waals surface area contributed by atoms with Crippen LogP contribution < -0.4 is 0 Å². The third kappa shape index (κ3) is 1.52. The van der Waals surface area contributed by atoms with Crippen molar-refractivity contribution in [3.8, 4) is 0 Å². The van der Waals surface area contributed by atoms with Crippen LogP contribution in [-0.4, -0.2) is 6.21 Å². The van der Waals surface area contributed by atoms with Gasteiger partial charge in [0, 0.05) is 18.3 Å². The first kappa shape index (κ1) is 7.08. The van der Waals surface area contributed by atoms with Crippen LogP contribution in [0.5, 0.6) is 0 Å². The molecule has 1 heterocycles. The number of nitrogens with zero attached hydrogens (tertiary/aromatic N) is 1. The maximum Gasteiger partial charge on any atom is 0.0224 e. The maximum absolute atomic E-state index is 4.20. The third-order valence-corrected chi connectivity index (χ3v) is 2.88. The van der Waals surface area contributed by atoms with Crippen LogP contribution in [0.3, 0.4) is 0 Å². The summed E-state index contributed by atoms with van der Waals surface area (Å²) in [4.78, 5) is 4.20. The summed E-state index contributed by atoms with van der Waals surface area (Å²) in [6, 6.07) is 0. The molecule has 11 heavy (non-hydrogen) atoms. The topological polar surface area (TPSA) is 12.4 Å². The molecule has 1 aliphatic heterocycles. The van der Waals surface area contributed by atoms with E-state index >= 15 is 0 Å². The molecule has 0 N–H and O–H groups in total. The van der Waals surface area contributed by atoms with E-state index in [2.05, 4.69) is 17.3 Å². The molecule has 1 atom stereocenters. The standard InChI is InChI=1S/C10H15N/c1-2-5-9(4-1)10-6-3-7-11-8-10/h3,7-10H,1-2,4-6H2. The first-order chi connectivity index (χ1) is 5.47. The predicted molar refractivity (Wildman–Crippen MR) is 47.7 cm³/mol. The molecule has 1 heteroatoms. The van der Waals surface area contributed by atoms with E-state index in [0.29, 0.717) is 0 Å². The van der Waals surface area contributed by atoms with Gasteiger partial charge in [0.2, 0.25) is 0 Å². The smallest absolute Gasteiger partial charge is 0.0224 e. The maximum atomic E-state index is 4.20. The minimum absolute atomic E-state index is 0.766. The zero-order valence-corrected chi connectivity index (χ0v) is 6.87. The Labute approximate surface area is 68.2 Å². The molecule has 1 aliphatic carbocycles. The second-order valence-electron chi connectivity index (χ2n) is 3.63. The molecular formula is C10H15N. The van der Waals surface area contributed by atoms with Crippen molar-refractivity contribution in [1.82, 2.24) is 0 Å². The quantitative estimate of drug-likeness (QED) is 0.543. The zero-order valence-electron chi connectivity index (χ0n) is 6.87. The first-order valence-electron chi connectivity index (χ1n) is 4.65. The average Bonchev–Trinajstić information content (AvgIpc) is 2.58. The van der Waals surface area contributed by atoms with E-state index in [1.54, 1.807) is 0 Å². The third-order valence-electron chi connectivity index (χ3n) is 2.88. The highest BCUT2D eigenvalue weighted by molar-refractivity contribution is 5.63. The van der Waals surface area contributed by atoms with Crippen LogP contribution in [0.1, 0.15) is 32.1 Å². The molecule has 0 bridgehead atoms. The second kappa shape index (κ2) is 3.21. The number of hydrogen-bond donors (Lipinski definition) is 0. The Balaban J connectivity index is 1.94. The van der Waals surface area contributed by atoms with E-state index in [0.717, 1.165) is 11.8 Å². The lowest BCUT2D eigenvalue weighted by Crippen LogP contribution is -2.13. The molecular weight excluding hydrogens is 134 g/mol. The predicted octanol–water partition coefficient (Wildman–Crippen LogP) is 2.78. The fourth-order valence-corrected chi connectivity index (χ4v) is 2.20. The molecule has 0 spiro atoms. The molecule has 1 fully saturated rings. The average molecular weight is 149 g/mol. The van der Waals surface area contributed by atoms with Crippen molar-refractivity contribution in [2.24, 2.45) is 16.8 Å². The number of allylic oxidation sites excluding steroid dienone is 1. The van der Waals surface area contributed by atoms with Crippen molar-refractivity contribution in [3.63, 3.8) is 0 Å². The molecule has 0 amide bonds. The van der Waals surface area contributed by atoms with Gasteiger partial charge in [-0.05, 0) is 25.2 Å². The Morgan fingerprint density at radius 1 is 1.18 bits per heavy atom. The normalized spacial score (nSPS) is 31.5. The van der Waals surface area contributed by atoms with Gasteiger partial charge in [0.05, 0.1) is 0 Å². The van der Waals surface area contributed by atoms with Crippen molar-refractivity contribution in [3.05, 3.63) is 12.3 Å². The number of rotatable bonds is 1. The summed E-state index contributed by atoms with van der Waals surface area (Å²) in [5, 5.41) is 0. The summed E-state index contributed by atoms with van der Waals surface area (Å²) in [6.45, 7) is 0. The zero-order chi connectivity index (χ0) is 7.52. The van der Waals surface area contributed by atoms with Gasteiger partial charge < -0.3 is 0 Å². The molecule has 1 nitrogen and oxygen atoms in total. The van der Waals surface area contributed by atoms with Crippen LogP contribution in [0.4, 0.5) is 0 Å². The van der Waals surface area contributed by atoms with Crippen LogP contribution >= 0.6 is 0 Å². The Kier molecular flexibility index (Phi) is 2.06. The van der Waals surface area contributed by atoms with Gasteiger partial charge in [-0.15, -0.1) is 0 Å². The SMILES string of the molecule is C1=CN=CC(C2CCCC2)C1.